The summed E-state index contributed by atoms with van der Waals surface area (Å²) in [6, 6.07) is 12.8. The first-order chi connectivity index (χ1) is 17.0. The van der Waals surface area contributed by atoms with Crippen LogP contribution >= 0.6 is 0 Å². The van der Waals surface area contributed by atoms with Crippen molar-refractivity contribution in [3.8, 4) is 0 Å². The molecule has 3 atom stereocenters. The third-order valence-corrected chi connectivity index (χ3v) is 6.99. The van der Waals surface area contributed by atoms with Gasteiger partial charge in [0.2, 0.25) is 11.8 Å². The zero-order valence-corrected chi connectivity index (χ0v) is 19.2. The van der Waals surface area contributed by atoms with E-state index in [4.69, 9.17) is 0 Å². The first-order valence-electron chi connectivity index (χ1n) is 11.9. The summed E-state index contributed by atoms with van der Waals surface area (Å²) >= 11 is 0. The standard InChI is InChI=1S/C26H27F2N5O2/c27-19-12-23(33(15-19)24(34)13-20-14-29-32-31-20)26(35)30-25(17-5-2-1-3-6-17)18-9-10-21(22(28)11-18)16-7-4-8-16/h1-3,5-6,9-11,14,16,19,23,25H,4,7-8,12-13,15H2,(H,30,35)(H,29,31,32)/t19-,23+,25-/m1/s1. The summed E-state index contributed by atoms with van der Waals surface area (Å²) in [6.07, 6.45) is 3.02. The number of hydrogen-bond acceptors (Lipinski definition) is 4. The number of hydrogen-bond donors (Lipinski definition) is 2. The highest BCUT2D eigenvalue weighted by Gasteiger charge is 2.40. The van der Waals surface area contributed by atoms with Gasteiger partial charge in [-0.2, -0.15) is 15.4 Å². The molecule has 1 aliphatic carbocycles. The lowest BCUT2D eigenvalue weighted by Gasteiger charge is -2.28. The van der Waals surface area contributed by atoms with Crippen molar-refractivity contribution in [1.82, 2.24) is 25.6 Å². The first-order valence-corrected chi connectivity index (χ1v) is 11.9. The molecule has 0 unspecified atom stereocenters. The molecule has 2 amide bonds. The summed E-state index contributed by atoms with van der Waals surface area (Å²) in [5.41, 5.74) is 2.49. The Morgan fingerprint density at radius 2 is 1.94 bits per heavy atom. The molecule has 2 aliphatic rings. The normalized spacial score (nSPS) is 20.9. The van der Waals surface area contributed by atoms with Crippen LogP contribution in [0.25, 0.3) is 0 Å². The molecule has 35 heavy (non-hydrogen) atoms. The van der Waals surface area contributed by atoms with Gasteiger partial charge in [-0.05, 0) is 41.5 Å². The topological polar surface area (TPSA) is 91.0 Å². The zero-order chi connectivity index (χ0) is 24.4. The van der Waals surface area contributed by atoms with Crippen LogP contribution in [0, 0.1) is 5.82 Å². The van der Waals surface area contributed by atoms with Crippen LogP contribution in [-0.2, 0) is 16.0 Å². The van der Waals surface area contributed by atoms with E-state index in [0.29, 0.717) is 16.8 Å². The van der Waals surface area contributed by atoms with Crippen molar-refractivity contribution < 1.29 is 18.4 Å². The largest absolute Gasteiger partial charge is 0.343 e. The van der Waals surface area contributed by atoms with Crippen molar-refractivity contribution >= 4 is 11.8 Å². The van der Waals surface area contributed by atoms with Gasteiger partial charge >= 0.3 is 0 Å². The molecule has 7 nitrogen and oxygen atoms in total. The summed E-state index contributed by atoms with van der Waals surface area (Å²) in [6.45, 7) is -0.157. The number of carbonyl (C=O) groups is 2. The monoisotopic (exact) mass is 479 g/mol. The van der Waals surface area contributed by atoms with E-state index in [1.165, 1.54) is 17.2 Å². The summed E-state index contributed by atoms with van der Waals surface area (Å²) < 4.78 is 29.4. The van der Waals surface area contributed by atoms with Crippen LogP contribution in [0.1, 0.15) is 60.0 Å². The number of alkyl halides is 1. The first kappa shape index (κ1) is 23.1. The maximum Gasteiger partial charge on any atom is 0.243 e. The van der Waals surface area contributed by atoms with E-state index < -0.39 is 30.1 Å². The highest BCUT2D eigenvalue weighted by molar-refractivity contribution is 5.89. The Balaban J connectivity index is 1.38. The van der Waals surface area contributed by atoms with E-state index >= 15 is 4.39 Å². The number of carbonyl (C=O) groups excluding carboxylic acids is 2. The predicted molar refractivity (Wildman–Crippen MR) is 125 cm³/mol. The van der Waals surface area contributed by atoms with Crippen LogP contribution in [0.15, 0.2) is 54.7 Å². The SMILES string of the molecule is O=C(N[C@H](c1ccccc1)c1ccc(C2CCC2)c(F)c1)[C@@H]1C[C@@H](F)CN1C(=O)Cc1cn[nH]n1. The molecule has 1 aromatic heterocycles. The second-order valence-corrected chi connectivity index (χ2v) is 9.29. The number of amides is 2. The molecule has 182 valence electrons. The smallest absolute Gasteiger partial charge is 0.243 e. The molecule has 3 aromatic rings. The maximum atomic E-state index is 15.0. The van der Waals surface area contributed by atoms with Crippen molar-refractivity contribution in [2.45, 2.75) is 56.3 Å². The Morgan fingerprint density at radius 1 is 1.14 bits per heavy atom. The molecule has 1 aliphatic heterocycles. The van der Waals surface area contributed by atoms with Gasteiger partial charge in [-0.25, -0.2) is 8.78 Å². The quantitative estimate of drug-likeness (QED) is 0.542. The molecule has 2 aromatic carbocycles. The van der Waals surface area contributed by atoms with Crippen LogP contribution in [-0.4, -0.2) is 50.9 Å². The Hall–Kier alpha value is -3.62. The number of likely N-dealkylation sites (tertiary alicyclic amines) is 1. The van der Waals surface area contributed by atoms with Crippen molar-refractivity contribution in [3.63, 3.8) is 0 Å². The molecular weight excluding hydrogens is 452 g/mol. The molecule has 1 saturated carbocycles. The van der Waals surface area contributed by atoms with Gasteiger partial charge in [0.1, 0.15) is 18.0 Å². The lowest BCUT2D eigenvalue weighted by Crippen LogP contribution is -2.47. The van der Waals surface area contributed by atoms with Crippen LogP contribution < -0.4 is 5.32 Å². The summed E-state index contributed by atoms with van der Waals surface area (Å²) in [4.78, 5) is 27.5. The van der Waals surface area contributed by atoms with E-state index in [1.807, 2.05) is 36.4 Å². The second-order valence-electron chi connectivity index (χ2n) is 9.29. The average Bonchev–Trinajstić information content (AvgIpc) is 3.47. The minimum absolute atomic E-state index is 0.0804. The molecule has 2 heterocycles. The minimum Gasteiger partial charge on any atom is -0.343 e. The molecule has 1 saturated heterocycles. The average molecular weight is 480 g/mol. The Labute approximate surface area is 201 Å². The fraction of sp³-hybridized carbons (Fsp3) is 0.385. The van der Waals surface area contributed by atoms with E-state index in [2.05, 4.69) is 20.7 Å². The van der Waals surface area contributed by atoms with Crippen molar-refractivity contribution in [2.24, 2.45) is 0 Å². The Morgan fingerprint density at radius 3 is 2.60 bits per heavy atom. The third-order valence-electron chi connectivity index (χ3n) is 6.99. The zero-order valence-electron chi connectivity index (χ0n) is 19.2. The van der Waals surface area contributed by atoms with E-state index in [-0.39, 0.29) is 31.1 Å². The van der Waals surface area contributed by atoms with E-state index in [0.717, 1.165) is 24.8 Å². The van der Waals surface area contributed by atoms with Gasteiger partial charge in [-0.15, -0.1) is 0 Å². The number of aromatic nitrogens is 3. The van der Waals surface area contributed by atoms with Crippen LogP contribution in [0.2, 0.25) is 0 Å². The number of nitrogens with one attached hydrogen (secondary N) is 2. The lowest BCUT2D eigenvalue weighted by atomic mass is 9.79. The maximum absolute atomic E-state index is 15.0. The molecular formula is C26H27F2N5O2. The second kappa shape index (κ2) is 9.93. The third kappa shape index (κ3) is 4.94. The van der Waals surface area contributed by atoms with Crippen molar-refractivity contribution in [1.29, 1.82) is 0 Å². The minimum atomic E-state index is -1.30. The van der Waals surface area contributed by atoms with Crippen molar-refractivity contribution in [3.05, 3.63) is 82.9 Å². The van der Waals surface area contributed by atoms with E-state index in [9.17, 15) is 14.0 Å². The van der Waals surface area contributed by atoms with Gasteiger partial charge in [0.05, 0.1) is 30.9 Å². The summed E-state index contributed by atoms with van der Waals surface area (Å²) in [7, 11) is 0. The Bertz CT molecular complexity index is 1180. The van der Waals surface area contributed by atoms with Gasteiger partial charge in [0, 0.05) is 6.42 Å². The Kier molecular flexibility index (Phi) is 6.57. The number of aromatic amines is 1. The predicted octanol–water partition coefficient (Wildman–Crippen LogP) is 3.60. The van der Waals surface area contributed by atoms with Gasteiger partial charge in [-0.1, -0.05) is 48.9 Å². The number of benzene rings is 2. The fourth-order valence-electron chi connectivity index (χ4n) is 4.89. The van der Waals surface area contributed by atoms with Gasteiger partial charge in [-0.3, -0.25) is 9.59 Å². The molecule has 5 rings (SSSR count). The van der Waals surface area contributed by atoms with E-state index in [1.54, 1.807) is 6.07 Å². The highest BCUT2D eigenvalue weighted by atomic mass is 19.1. The number of rotatable bonds is 7. The summed E-state index contributed by atoms with van der Waals surface area (Å²) in [5.74, 6) is -0.906. The number of nitrogens with zero attached hydrogens (tertiary/aromatic N) is 3. The molecule has 0 bridgehead atoms. The van der Waals surface area contributed by atoms with Gasteiger partial charge in [0.25, 0.3) is 0 Å². The van der Waals surface area contributed by atoms with Crippen LogP contribution in [0.3, 0.4) is 0 Å². The molecule has 2 N–H and O–H groups in total. The summed E-state index contributed by atoms with van der Waals surface area (Å²) in [5, 5.41) is 12.9. The molecule has 0 radical (unpaired) electrons. The van der Waals surface area contributed by atoms with Crippen LogP contribution in [0.4, 0.5) is 8.78 Å². The van der Waals surface area contributed by atoms with Crippen molar-refractivity contribution in [2.75, 3.05) is 6.54 Å². The highest BCUT2D eigenvalue weighted by Crippen LogP contribution is 2.38. The van der Waals surface area contributed by atoms with Gasteiger partial charge < -0.3 is 10.2 Å². The molecule has 9 heteroatoms. The fourth-order valence-corrected chi connectivity index (χ4v) is 4.89. The molecule has 2 fully saturated rings. The number of halogens is 2. The number of H-pyrrole nitrogens is 1. The lowest BCUT2D eigenvalue weighted by molar-refractivity contribution is -0.138. The van der Waals surface area contributed by atoms with Crippen LogP contribution in [0.5, 0.6) is 0 Å². The van der Waals surface area contributed by atoms with Gasteiger partial charge in [0.15, 0.2) is 0 Å². The molecule has 0 spiro atoms.